The van der Waals surface area contributed by atoms with Crippen LogP contribution in [0.1, 0.15) is 39.5 Å². The first kappa shape index (κ1) is 11.0. The third-order valence-corrected chi connectivity index (χ3v) is 2.74. The summed E-state index contributed by atoms with van der Waals surface area (Å²) >= 11 is 0. The summed E-state index contributed by atoms with van der Waals surface area (Å²) in [6.07, 6.45) is 5.63. The Hall–Kier alpha value is -0.0800. The van der Waals surface area contributed by atoms with Crippen LogP contribution in [0.4, 0.5) is 0 Å². The average Bonchev–Trinajstić information content (AvgIpc) is 2.04. The normalized spacial score (nSPS) is 24.5. The van der Waals surface area contributed by atoms with Gasteiger partial charge in [-0.3, -0.25) is 4.90 Å². The third-order valence-electron chi connectivity index (χ3n) is 2.74. The number of nitrogens with one attached hydrogen (secondary N) is 1. The molecule has 13 heavy (non-hydrogen) atoms. The highest BCUT2D eigenvalue weighted by atomic mass is 15.2. The van der Waals surface area contributed by atoms with Gasteiger partial charge in [0.25, 0.3) is 0 Å². The molecule has 2 rings (SSSR count). The van der Waals surface area contributed by atoms with Crippen molar-refractivity contribution < 1.29 is 0 Å². The monoisotopic (exact) mass is 184 g/mol. The first-order chi connectivity index (χ1) is 6.38. The number of hydrogen-bond acceptors (Lipinski definition) is 2. The van der Waals surface area contributed by atoms with Gasteiger partial charge in [0.1, 0.15) is 0 Å². The largest absolute Gasteiger partial charge is 0.314 e. The van der Waals surface area contributed by atoms with E-state index in [-0.39, 0.29) is 0 Å². The zero-order valence-corrected chi connectivity index (χ0v) is 9.18. The molecule has 2 fully saturated rings. The SMILES string of the molecule is C1CC(N2CCNCC2)C1.CCC. The topological polar surface area (TPSA) is 15.3 Å². The Balaban J connectivity index is 0.000000251. The second kappa shape index (κ2) is 6.39. The first-order valence-corrected chi connectivity index (χ1v) is 5.83. The lowest BCUT2D eigenvalue weighted by Crippen LogP contribution is -2.50. The molecule has 0 aromatic rings. The minimum atomic E-state index is 0.960. The second-order valence-corrected chi connectivity index (χ2v) is 4.08. The highest BCUT2D eigenvalue weighted by molar-refractivity contribution is 4.82. The molecule has 0 unspecified atom stereocenters. The Morgan fingerprint density at radius 3 is 2.08 bits per heavy atom. The van der Waals surface area contributed by atoms with Crippen molar-refractivity contribution in [1.82, 2.24) is 10.2 Å². The van der Waals surface area contributed by atoms with Gasteiger partial charge in [0.2, 0.25) is 0 Å². The van der Waals surface area contributed by atoms with Gasteiger partial charge in [-0.25, -0.2) is 0 Å². The molecule has 0 aromatic carbocycles. The van der Waals surface area contributed by atoms with Crippen molar-refractivity contribution in [3.8, 4) is 0 Å². The summed E-state index contributed by atoms with van der Waals surface area (Å²) < 4.78 is 0. The fraction of sp³-hybridized carbons (Fsp3) is 1.00. The maximum absolute atomic E-state index is 3.38. The molecule has 0 aromatic heterocycles. The molecule has 0 atom stereocenters. The van der Waals surface area contributed by atoms with Crippen molar-refractivity contribution in [2.24, 2.45) is 0 Å². The predicted octanol–water partition coefficient (Wildman–Crippen LogP) is 1.86. The van der Waals surface area contributed by atoms with Crippen LogP contribution in [-0.4, -0.2) is 37.1 Å². The van der Waals surface area contributed by atoms with E-state index in [2.05, 4.69) is 24.1 Å². The fourth-order valence-corrected chi connectivity index (χ4v) is 1.80. The van der Waals surface area contributed by atoms with E-state index in [4.69, 9.17) is 0 Å². The van der Waals surface area contributed by atoms with Crippen LogP contribution in [0.15, 0.2) is 0 Å². The predicted molar refractivity (Wildman–Crippen MR) is 58.0 cm³/mol. The van der Waals surface area contributed by atoms with Crippen LogP contribution in [0.25, 0.3) is 0 Å². The quantitative estimate of drug-likeness (QED) is 0.669. The molecule has 1 saturated carbocycles. The summed E-state index contributed by atoms with van der Waals surface area (Å²) in [6.45, 7) is 9.22. The van der Waals surface area contributed by atoms with E-state index in [1.165, 1.54) is 51.9 Å². The van der Waals surface area contributed by atoms with Crippen LogP contribution >= 0.6 is 0 Å². The molecule has 2 nitrogen and oxygen atoms in total. The van der Waals surface area contributed by atoms with E-state index in [1.807, 2.05) is 0 Å². The molecule has 0 amide bonds. The van der Waals surface area contributed by atoms with Crippen molar-refractivity contribution in [2.45, 2.75) is 45.6 Å². The van der Waals surface area contributed by atoms with Crippen molar-refractivity contribution >= 4 is 0 Å². The van der Waals surface area contributed by atoms with E-state index < -0.39 is 0 Å². The lowest BCUT2D eigenvalue weighted by atomic mass is 9.91. The van der Waals surface area contributed by atoms with Crippen LogP contribution in [-0.2, 0) is 0 Å². The molecule has 2 heteroatoms. The minimum Gasteiger partial charge on any atom is -0.314 e. The van der Waals surface area contributed by atoms with Crippen molar-refractivity contribution in [1.29, 1.82) is 0 Å². The summed E-state index contributed by atoms with van der Waals surface area (Å²) in [5.74, 6) is 0. The van der Waals surface area contributed by atoms with E-state index in [0.717, 1.165) is 6.04 Å². The van der Waals surface area contributed by atoms with Gasteiger partial charge < -0.3 is 5.32 Å². The maximum atomic E-state index is 3.38. The van der Waals surface area contributed by atoms with Gasteiger partial charge in [-0.15, -0.1) is 0 Å². The standard InChI is InChI=1S/C8H16N2.C3H8/c1-2-8(3-1)10-6-4-9-5-7-10;1-3-2/h8-9H,1-7H2;3H2,1-2H3. The molecular formula is C11H24N2. The lowest BCUT2D eigenvalue weighted by Gasteiger charge is -2.39. The molecule has 0 radical (unpaired) electrons. The van der Waals surface area contributed by atoms with Crippen LogP contribution in [0.2, 0.25) is 0 Å². The number of nitrogens with zero attached hydrogens (tertiary/aromatic N) is 1. The van der Waals surface area contributed by atoms with Crippen LogP contribution in [0.5, 0.6) is 0 Å². The fourth-order valence-electron chi connectivity index (χ4n) is 1.80. The molecule has 1 N–H and O–H groups in total. The number of rotatable bonds is 1. The van der Waals surface area contributed by atoms with E-state index in [9.17, 15) is 0 Å². The summed E-state index contributed by atoms with van der Waals surface area (Å²) in [6, 6.07) is 0.960. The van der Waals surface area contributed by atoms with Gasteiger partial charge in [-0.2, -0.15) is 0 Å². The van der Waals surface area contributed by atoms with Crippen molar-refractivity contribution in [3.05, 3.63) is 0 Å². The van der Waals surface area contributed by atoms with Crippen molar-refractivity contribution in [2.75, 3.05) is 26.2 Å². The van der Waals surface area contributed by atoms with Gasteiger partial charge in [-0.05, 0) is 12.8 Å². The molecule has 1 saturated heterocycles. The van der Waals surface area contributed by atoms with Crippen LogP contribution in [0.3, 0.4) is 0 Å². The van der Waals surface area contributed by atoms with E-state index in [1.54, 1.807) is 0 Å². The lowest BCUT2D eigenvalue weighted by molar-refractivity contribution is 0.112. The molecule has 1 aliphatic heterocycles. The average molecular weight is 184 g/mol. The Labute approximate surface area is 82.7 Å². The van der Waals surface area contributed by atoms with Gasteiger partial charge in [0, 0.05) is 32.2 Å². The third kappa shape index (κ3) is 3.65. The molecule has 0 bridgehead atoms. The van der Waals surface area contributed by atoms with Crippen LogP contribution < -0.4 is 5.32 Å². The highest BCUT2D eigenvalue weighted by Crippen LogP contribution is 2.24. The molecule has 78 valence electrons. The summed E-state index contributed by atoms with van der Waals surface area (Å²) in [7, 11) is 0. The summed E-state index contributed by atoms with van der Waals surface area (Å²) in [4.78, 5) is 2.64. The molecule has 1 aliphatic carbocycles. The zero-order valence-electron chi connectivity index (χ0n) is 9.18. The molecular weight excluding hydrogens is 160 g/mol. The van der Waals surface area contributed by atoms with Gasteiger partial charge in [-0.1, -0.05) is 26.7 Å². The molecule has 0 spiro atoms. The Morgan fingerprint density at radius 2 is 1.69 bits per heavy atom. The van der Waals surface area contributed by atoms with Gasteiger partial charge in [0.15, 0.2) is 0 Å². The van der Waals surface area contributed by atoms with Crippen molar-refractivity contribution in [3.63, 3.8) is 0 Å². The minimum absolute atomic E-state index is 0.960. The number of piperazine rings is 1. The van der Waals surface area contributed by atoms with E-state index >= 15 is 0 Å². The summed E-state index contributed by atoms with van der Waals surface area (Å²) in [5.41, 5.74) is 0. The smallest absolute Gasteiger partial charge is 0.0110 e. The maximum Gasteiger partial charge on any atom is 0.0110 e. The van der Waals surface area contributed by atoms with Gasteiger partial charge >= 0.3 is 0 Å². The highest BCUT2D eigenvalue weighted by Gasteiger charge is 2.25. The zero-order chi connectivity index (χ0) is 9.52. The number of hydrogen-bond donors (Lipinski definition) is 1. The van der Waals surface area contributed by atoms with Gasteiger partial charge in [0.05, 0.1) is 0 Å². The Bertz CT molecular complexity index is 115. The van der Waals surface area contributed by atoms with Crippen LogP contribution in [0, 0.1) is 0 Å². The molecule has 2 aliphatic rings. The Morgan fingerprint density at radius 1 is 1.15 bits per heavy atom. The molecule has 1 heterocycles. The second-order valence-electron chi connectivity index (χ2n) is 4.08. The first-order valence-electron chi connectivity index (χ1n) is 5.83. The summed E-state index contributed by atoms with van der Waals surface area (Å²) in [5, 5.41) is 3.38. The Kier molecular flexibility index (Phi) is 5.40. The van der Waals surface area contributed by atoms with E-state index in [0.29, 0.717) is 0 Å².